The third-order valence-corrected chi connectivity index (χ3v) is 8.07. The lowest BCUT2D eigenvalue weighted by molar-refractivity contribution is -0.118. The number of rotatable bonds is 10. The molecule has 7 nitrogen and oxygen atoms in total. The van der Waals surface area contributed by atoms with E-state index in [1.807, 2.05) is 37.3 Å². The minimum absolute atomic E-state index is 0.00732. The summed E-state index contributed by atoms with van der Waals surface area (Å²) in [5.74, 6) is -0.259. The van der Waals surface area contributed by atoms with Crippen LogP contribution in [-0.4, -0.2) is 36.7 Å². The SMILES string of the molecule is CCOc1ccc2nc(N(Cc3ccccn3)C(=O)CCCS(=O)(=O)c3ccc(F)cc3)sc2c1. The molecule has 0 N–H and O–H groups in total. The molecule has 0 aliphatic carbocycles. The van der Waals surface area contributed by atoms with Crippen molar-refractivity contribution in [3.8, 4) is 5.75 Å². The van der Waals surface area contributed by atoms with Crippen LogP contribution in [-0.2, 0) is 21.2 Å². The highest BCUT2D eigenvalue weighted by Gasteiger charge is 2.22. The molecule has 1 amide bonds. The summed E-state index contributed by atoms with van der Waals surface area (Å²) in [6.45, 7) is 2.66. The maximum atomic E-state index is 13.3. The fourth-order valence-corrected chi connectivity index (χ4v) is 5.81. The quantitative estimate of drug-likeness (QED) is 0.277. The Hall–Kier alpha value is -3.37. The van der Waals surface area contributed by atoms with Gasteiger partial charge in [0.05, 0.1) is 39.7 Å². The van der Waals surface area contributed by atoms with Crippen LogP contribution in [0.4, 0.5) is 9.52 Å². The monoisotopic (exact) mass is 513 g/mol. The number of benzene rings is 2. The van der Waals surface area contributed by atoms with Gasteiger partial charge in [0.1, 0.15) is 11.6 Å². The van der Waals surface area contributed by atoms with Gasteiger partial charge in [-0.1, -0.05) is 17.4 Å². The molecule has 0 saturated heterocycles. The summed E-state index contributed by atoms with van der Waals surface area (Å²) in [4.78, 5) is 23.8. The van der Waals surface area contributed by atoms with Gasteiger partial charge < -0.3 is 4.74 Å². The molecule has 4 aromatic rings. The summed E-state index contributed by atoms with van der Waals surface area (Å²) in [7, 11) is -3.63. The van der Waals surface area contributed by atoms with E-state index in [4.69, 9.17) is 4.74 Å². The topological polar surface area (TPSA) is 89.5 Å². The third kappa shape index (κ3) is 6.20. The Bertz CT molecular complexity index is 1410. The molecule has 182 valence electrons. The number of ether oxygens (including phenoxy) is 1. The number of amides is 1. The first kappa shape index (κ1) is 24.7. The summed E-state index contributed by atoms with van der Waals surface area (Å²) in [6, 6.07) is 15.7. The van der Waals surface area contributed by atoms with Crippen molar-refractivity contribution in [3.05, 3.63) is 78.4 Å². The maximum absolute atomic E-state index is 13.3. The average molecular weight is 514 g/mol. The molecular formula is C25H24FN3O4S2. The van der Waals surface area contributed by atoms with Gasteiger partial charge in [0.25, 0.3) is 0 Å². The second kappa shape index (κ2) is 10.9. The molecule has 0 radical (unpaired) electrons. The Balaban J connectivity index is 1.53. The number of aromatic nitrogens is 2. The van der Waals surface area contributed by atoms with Crippen LogP contribution in [0, 0.1) is 5.82 Å². The average Bonchev–Trinajstić information content (AvgIpc) is 3.26. The number of pyridine rings is 1. The molecule has 35 heavy (non-hydrogen) atoms. The second-order valence-electron chi connectivity index (χ2n) is 7.74. The van der Waals surface area contributed by atoms with Crippen molar-refractivity contribution < 1.29 is 22.3 Å². The zero-order valence-electron chi connectivity index (χ0n) is 19.1. The number of fused-ring (bicyclic) bond motifs is 1. The molecule has 2 aromatic heterocycles. The highest BCUT2D eigenvalue weighted by molar-refractivity contribution is 7.91. The summed E-state index contributed by atoms with van der Waals surface area (Å²) < 4.78 is 44.7. The molecule has 0 spiro atoms. The highest BCUT2D eigenvalue weighted by atomic mass is 32.2. The van der Waals surface area contributed by atoms with E-state index in [0.29, 0.717) is 17.4 Å². The van der Waals surface area contributed by atoms with E-state index in [1.54, 1.807) is 12.3 Å². The number of halogens is 1. The Morgan fingerprint density at radius 1 is 1.11 bits per heavy atom. The van der Waals surface area contributed by atoms with Gasteiger partial charge in [0.15, 0.2) is 15.0 Å². The first-order valence-electron chi connectivity index (χ1n) is 11.1. The van der Waals surface area contributed by atoms with Crippen LogP contribution in [0.15, 0.2) is 71.8 Å². The van der Waals surface area contributed by atoms with Gasteiger partial charge in [-0.05, 0) is 67.9 Å². The maximum Gasteiger partial charge on any atom is 0.229 e. The van der Waals surface area contributed by atoms with Gasteiger partial charge >= 0.3 is 0 Å². The predicted octanol–water partition coefficient (Wildman–Crippen LogP) is 5.02. The van der Waals surface area contributed by atoms with E-state index >= 15 is 0 Å². The minimum atomic E-state index is -3.63. The van der Waals surface area contributed by atoms with E-state index in [9.17, 15) is 17.6 Å². The fraction of sp³-hybridized carbons (Fsp3) is 0.240. The molecule has 10 heteroatoms. The first-order valence-corrected chi connectivity index (χ1v) is 13.5. The summed E-state index contributed by atoms with van der Waals surface area (Å²) in [5, 5.41) is 0.505. The van der Waals surface area contributed by atoms with Gasteiger partial charge in [-0.3, -0.25) is 14.7 Å². The van der Waals surface area contributed by atoms with Crippen molar-refractivity contribution in [1.29, 1.82) is 0 Å². The minimum Gasteiger partial charge on any atom is -0.494 e. The standard InChI is InChI=1S/C25H24FN3O4S2/c1-2-33-20-10-13-22-23(16-20)34-25(28-22)29(17-19-6-3-4-14-27-19)24(30)7-5-15-35(31,32)21-11-8-18(26)9-12-21/h3-4,6,8-14,16H,2,5,7,15,17H2,1H3. The van der Waals surface area contributed by atoms with Gasteiger partial charge in [-0.2, -0.15) is 0 Å². The number of hydrogen-bond acceptors (Lipinski definition) is 7. The number of carbonyl (C=O) groups excluding carboxylic acids is 1. The molecule has 0 saturated carbocycles. The lowest BCUT2D eigenvalue weighted by Gasteiger charge is -2.19. The number of anilines is 1. The molecule has 4 rings (SSSR count). The summed E-state index contributed by atoms with van der Waals surface area (Å²) in [6.07, 6.45) is 1.78. The van der Waals surface area contributed by atoms with Crippen molar-refractivity contribution in [3.63, 3.8) is 0 Å². The van der Waals surface area contributed by atoms with E-state index in [1.165, 1.54) is 28.4 Å². The molecule has 0 fully saturated rings. The van der Waals surface area contributed by atoms with Crippen LogP contribution >= 0.6 is 11.3 Å². The van der Waals surface area contributed by atoms with Crippen LogP contribution in [0.3, 0.4) is 0 Å². The third-order valence-electron chi connectivity index (χ3n) is 5.21. The highest BCUT2D eigenvalue weighted by Crippen LogP contribution is 2.32. The lowest BCUT2D eigenvalue weighted by Crippen LogP contribution is -2.30. The summed E-state index contributed by atoms with van der Waals surface area (Å²) >= 11 is 1.36. The molecule has 2 aromatic carbocycles. The van der Waals surface area contributed by atoms with Crippen LogP contribution in [0.5, 0.6) is 5.75 Å². The van der Waals surface area contributed by atoms with E-state index < -0.39 is 15.7 Å². The summed E-state index contributed by atoms with van der Waals surface area (Å²) in [5.41, 5.74) is 1.43. The van der Waals surface area contributed by atoms with Crippen molar-refractivity contribution in [2.24, 2.45) is 0 Å². The van der Waals surface area contributed by atoms with Gasteiger partial charge in [0.2, 0.25) is 5.91 Å². The number of thiazole rings is 1. The zero-order chi connectivity index (χ0) is 24.8. The molecule has 0 aliphatic heterocycles. The molecule has 0 aliphatic rings. The first-order chi connectivity index (χ1) is 16.9. The second-order valence-corrected chi connectivity index (χ2v) is 10.9. The zero-order valence-corrected chi connectivity index (χ0v) is 20.7. The number of carbonyl (C=O) groups is 1. The van der Waals surface area contributed by atoms with Crippen LogP contribution in [0.1, 0.15) is 25.5 Å². The van der Waals surface area contributed by atoms with Gasteiger partial charge in [-0.25, -0.2) is 17.8 Å². The molecule has 0 unspecified atom stereocenters. The van der Waals surface area contributed by atoms with Crippen LogP contribution in [0.2, 0.25) is 0 Å². The fourth-order valence-electron chi connectivity index (χ4n) is 3.49. The Morgan fingerprint density at radius 2 is 1.91 bits per heavy atom. The number of sulfone groups is 1. The Labute approximate surface area is 207 Å². The van der Waals surface area contributed by atoms with E-state index in [2.05, 4.69) is 9.97 Å². The normalized spacial score (nSPS) is 11.5. The van der Waals surface area contributed by atoms with E-state index in [-0.39, 0.29) is 35.9 Å². The van der Waals surface area contributed by atoms with Crippen molar-refractivity contribution in [2.45, 2.75) is 31.2 Å². The van der Waals surface area contributed by atoms with Crippen LogP contribution in [0.25, 0.3) is 10.2 Å². The Morgan fingerprint density at radius 3 is 2.63 bits per heavy atom. The van der Waals surface area contributed by atoms with Crippen LogP contribution < -0.4 is 9.64 Å². The molecule has 0 bridgehead atoms. The lowest BCUT2D eigenvalue weighted by atomic mass is 10.2. The van der Waals surface area contributed by atoms with Crippen molar-refractivity contribution in [1.82, 2.24) is 9.97 Å². The van der Waals surface area contributed by atoms with E-state index in [0.717, 1.165) is 28.1 Å². The van der Waals surface area contributed by atoms with Gasteiger partial charge in [-0.15, -0.1) is 0 Å². The largest absolute Gasteiger partial charge is 0.494 e. The van der Waals surface area contributed by atoms with Gasteiger partial charge in [0, 0.05) is 12.6 Å². The predicted molar refractivity (Wildman–Crippen MR) is 134 cm³/mol. The van der Waals surface area contributed by atoms with Crippen molar-refractivity contribution >= 4 is 42.4 Å². The number of nitrogens with zero attached hydrogens (tertiary/aromatic N) is 3. The molecule has 0 atom stereocenters. The Kier molecular flexibility index (Phi) is 7.72. The smallest absolute Gasteiger partial charge is 0.229 e. The molecule has 2 heterocycles. The van der Waals surface area contributed by atoms with Crippen molar-refractivity contribution in [2.75, 3.05) is 17.3 Å². The molecular weight excluding hydrogens is 489 g/mol. The number of hydrogen-bond donors (Lipinski definition) is 0.